The number of rotatable bonds is 4. The van der Waals surface area contributed by atoms with Crippen LogP contribution in [0.5, 0.6) is 0 Å². The maximum absolute atomic E-state index is 13.6. The predicted molar refractivity (Wildman–Crippen MR) is 103 cm³/mol. The summed E-state index contributed by atoms with van der Waals surface area (Å²) in [6.45, 7) is 6.25. The lowest BCUT2D eigenvalue weighted by Crippen LogP contribution is -2.39. The van der Waals surface area contributed by atoms with E-state index in [-0.39, 0.29) is 36.0 Å². The second-order valence-corrected chi connectivity index (χ2v) is 8.37. The van der Waals surface area contributed by atoms with E-state index in [1.807, 2.05) is 20.8 Å². The smallest absolute Gasteiger partial charge is 0.367 e. The summed E-state index contributed by atoms with van der Waals surface area (Å²) in [5.74, 6) is 0.790. The number of carbonyl (C=O) groups excluding carboxylic acids is 1. The van der Waals surface area contributed by atoms with Crippen molar-refractivity contribution >= 4 is 11.7 Å². The van der Waals surface area contributed by atoms with Gasteiger partial charge >= 0.3 is 6.18 Å². The van der Waals surface area contributed by atoms with E-state index in [0.717, 1.165) is 11.1 Å². The van der Waals surface area contributed by atoms with Crippen LogP contribution >= 0.6 is 0 Å². The molecule has 7 nitrogen and oxygen atoms in total. The van der Waals surface area contributed by atoms with Gasteiger partial charge in [-0.2, -0.15) is 18.3 Å². The SMILES string of the molecule is CC[C@@H]1C[C@H](C(F)(F)F)n2nc(C3CCCN3C(=O)c3cc(C(C)C)on3)cc2N1. The van der Waals surface area contributed by atoms with Crippen LogP contribution in [0.25, 0.3) is 0 Å². The molecule has 4 rings (SSSR count). The first kappa shape index (κ1) is 20.7. The number of halogens is 3. The summed E-state index contributed by atoms with van der Waals surface area (Å²) in [5.41, 5.74) is 0.689. The number of nitrogens with one attached hydrogen (secondary N) is 1. The van der Waals surface area contributed by atoms with Crippen LogP contribution in [0.1, 0.15) is 86.4 Å². The molecule has 2 aromatic rings. The van der Waals surface area contributed by atoms with Crippen molar-refractivity contribution in [1.82, 2.24) is 19.8 Å². The zero-order chi connectivity index (χ0) is 21.6. The van der Waals surface area contributed by atoms with Gasteiger partial charge in [-0.3, -0.25) is 4.79 Å². The first-order chi connectivity index (χ1) is 14.2. The predicted octanol–water partition coefficient (Wildman–Crippen LogP) is 4.67. The molecule has 0 radical (unpaired) electrons. The number of aromatic nitrogens is 3. The van der Waals surface area contributed by atoms with Gasteiger partial charge in [-0.05, 0) is 25.7 Å². The standard InChI is InChI=1S/C20H26F3N5O2/c1-4-12-8-17(20(21,22)23)28-18(24-12)10-13(25-28)15-6-5-7-27(15)19(29)14-9-16(11(2)3)30-26-14/h9-12,15,17,24H,4-8H2,1-3H3/t12-,15?,17-/m1/s1. The quantitative estimate of drug-likeness (QED) is 0.771. The Kier molecular flexibility index (Phi) is 5.27. The van der Waals surface area contributed by atoms with Crippen molar-refractivity contribution in [3.05, 3.63) is 29.3 Å². The van der Waals surface area contributed by atoms with E-state index in [0.29, 0.717) is 36.7 Å². The van der Waals surface area contributed by atoms with Gasteiger partial charge in [-0.25, -0.2) is 4.68 Å². The van der Waals surface area contributed by atoms with Crippen LogP contribution in [0.15, 0.2) is 16.7 Å². The van der Waals surface area contributed by atoms with Crippen LogP contribution in [0.3, 0.4) is 0 Å². The third-order valence-corrected chi connectivity index (χ3v) is 5.95. The third kappa shape index (κ3) is 3.67. The second-order valence-electron chi connectivity index (χ2n) is 8.37. The number of likely N-dealkylation sites (tertiary alicyclic amines) is 1. The van der Waals surface area contributed by atoms with E-state index >= 15 is 0 Å². The fourth-order valence-electron chi connectivity index (χ4n) is 4.23. The Morgan fingerprint density at radius 2 is 2.13 bits per heavy atom. The van der Waals surface area contributed by atoms with Crippen molar-refractivity contribution in [1.29, 1.82) is 0 Å². The first-order valence-electron chi connectivity index (χ1n) is 10.4. The Balaban J connectivity index is 1.62. The van der Waals surface area contributed by atoms with Crippen LogP contribution in [0, 0.1) is 0 Å². The van der Waals surface area contributed by atoms with Crippen molar-refractivity contribution in [3.8, 4) is 0 Å². The van der Waals surface area contributed by atoms with Gasteiger partial charge in [0.15, 0.2) is 11.7 Å². The average Bonchev–Trinajstić information content (AvgIpc) is 3.43. The minimum Gasteiger partial charge on any atom is -0.367 e. The summed E-state index contributed by atoms with van der Waals surface area (Å²) in [5, 5.41) is 11.3. The summed E-state index contributed by atoms with van der Waals surface area (Å²) >= 11 is 0. The fourth-order valence-corrected chi connectivity index (χ4v) is 4.23. The van der Waals surface area contributed by atoms with Gasteiger partial charge in [0.2, 0.25) is 0 Å². The Morgan fingerprint density at radius 1 is 1.37 bits per heavy atom. The molecule has 0 saturated carbocycles. The van der Waals surface area contributed by atoms with Gasteiger partial charge in [0.05, 0.1) is 11.7 Å². The normalized spacial score (nSPS) is 24.2. The Labute approximate surface area is 172 Å². The van der Waals surface area contributed by atoms with E-state index in [2.05, 4.69) is 15.6 Å². The maximum Gasteiger partial charge on any atom is 0.410 e. The lowest BCUT2D eigenvalue weighted by Gasteiger charge is -2.32. The molecule has 0 aromatic carbocycles. The summed E-state index contributed by atoms with van der Waals surface area (Å²) < 4.78 is 47.2. The molecule has 2 aromatic heterocycles. The van der Waals surface area contributed by atoms with Gasteiger partial charge in [0.1, 0.15) is 11.6 Å². The number of amides is 1. The van der Waals surface area contributed by atoms with Crippen molar-refractivity contribution < 1.29 is 22.5 Å². The topological polar surface area (TPSA) is 76.2 Å². The molecule has 2 aliphatic heterocycles. The molecule has 1 saturated heterocycles. The van der Waals surface area contributed by atoms with E-state index in [4.69, 9.17) is 4.52 Å². The number of alkyl halides is 3. The highest BCUT2D eigenvalue weighted by Crippen LogP contribution is 2.42. The number of nitrogens with zero attached hydrogens (tertiary/aromatic N) is 4. The summed E-state index contributed by atoms with van der Waals surface area (Å²) in [7, 11) is 0. The lowest BCUT2D eigenvalue weighted by molar-refractivity contribution is -0.173. The maximum atomic E-state index is 13.6. The van der Waals surface area contributed by atoms with Crippen LogP contribution in [-0.4, -0.2) is 44.5 Å². The Hall–Kier alpha value is -2.52. The zero-order valence-electron chi connectivity index (χ0n) is 17.2. The number of hydrogen-bond donors (Lipinski definition) is 1. The zero-order valence-corrected chi connectivity index (χ0v) is 17.2. The molecule has 0 aliphatic carbocycles. The fraction of sp³-hybridized carbons (Fsp3) is 0.650. The summed E-state index contributed by atoms with van der Waals surface area (Å²) in [4.78, 5) is 14.6. The van der Waals surface area contributed by atoms with Gasteiger partial charge in [-0.1, -0.05) is 25.9 Å². The van der Waals surface area contributed by atoms with Crippen molar-refractivity contribution in [2.75, 3.05) is 11.9 Å². The largest absolute Gasteiger partial charge is 0.410 e. The van der Waals surface area contributed by atoms with Crippen molar-refractivity contribution in [2.24, 2.45) is 0 Å². The lowest BCUT2D eigenvalue weighted by atomic mass is 10.0. The van der Waals surface area contributed by atoms with E-state index < -0.39 is 12.2 Å². The van der Waals surface area contributed by atoms with Crippen molar-refractivity contribution in [3.63, 3.8) is 0 Å². The molecular formula is C20H26F3N5O2. The molecule has 30 heavy (non-hydrogen) atoms. The second kappa shape index (κ2) is 7.63. The average molecular weight is 425 g/mol. The molecule has 164 valence electrons. The van der Waals surface area contributed by atoms with Crippen LogP contribution in [0.4, 0.5) is 19.0 Å². The molecule has 0 bridgehead atoms. The molecular weight excluding hydrogens is 399 g/mol. The number of hydrogen-bond acceptors (Lipinski definition) is 5. The molecule has 1 amide bonds. The summed E-state index contributed by atoms with van der Waals surface area (Å²) in [6, 6.07) is 0.972. The highest BCUT2D eigenvalue weighted by Gasteiger charge is 2.46. The molecule has 1 N–H and O–H groups in total. The number of fused-ring (bicyclic) bond motifs is 1. The highest BCUT2D eigenvalue weighted by atomic mass is 19.4. The van der Waals surface area contributed by atoms with Crippen LogP contribution in [-0.2, 0) is 0 Å². The van der Waals surface area contributed by atoms with E-state index in [1.165, 1.54) is 0 Å². The molecule has 0 spiro atoms. The number of anilines is 1. The van der Waals surface area contributed by atoms with Gasteiger partial charge < -0.3 is 14.7 Å². The minimum atomic E-state index is -4.38. The molecule has 3 atom stereocenters. The summed E-state index contributed by atoms with van der Waals surface area (Å²) in [6.07, 6.45) is -2.46. The molecule has 2 aliphatic rings. The van der Waals surface area contributed by atoms with Gasteiger partial charge in [-0.15, -0.1) is 0 Å². The number of carbonyl (C=O) groups is 1. The van der Waals surface area contributed by atoms with Gasteiger partial charge in [0.25, 0.3) is 5.91 Å². The highest BCUT2D eigenvalue weighted by molar-refractivity contribution is 5.92. The van der Waals surface area contributed by atoms with Gasteiger partial charge in [0, 0.05) is 30.6 Å². The Bertz CT molecular complexity index is 920. The molecule has 1 unspecified atom stereocenters. The Morgan fingerprint density at radius 3 is 2.77 bits per heavy atom. The molecule has 10 heteroatoms. The molecule has 4 heterocycles. The third-order valence-electron chi connectivity index (χ3n) is 5.95. The van der Waals surface area contributed by atoms with E-state index in [1.54, 1.807) is 17.0 Å². The minimum absolute atomic E-state index is 0.0572. The monoisotopic (exact) mass is 425 g/mol. The van der Waals surface area contributed by atoms with E-state index in [9.17, 15) is 18.0 Å². The first-order valence-corrected chi connectivity index (χ1v) is 10.4. The van der Waals surface area contributed by atoms with Crippen LogP contribution in [0.2, 0.25) is 0 Å². The molecule has 1 fully saturated rings. The van der Waals surface area contributed by atoms with Crippen molar-refractivity contribution in [2.45, 2.75) is 76.7 Å². The van der Waals surface area contributed by atoms with Crippen LogP contribution < -0.4 is 5.32 Å².